The van der Waals surface area contributed by atoms with E-state index < -0.39 is 29.1 Å². The van der Waals surface area contributed by atoms with Crippen LogP contribution in [-0.4, -0.2) is 13.1 Å². The molecule has 1 aromatic rings. The van der Waals surface area contributed by atoms with Crippen molar-refractivity contribution in [3.63, 3.8) is 0 Å². The predicted molar refractivity (Wildman–Crippen MR) is 66.3 cm³/mol. The lowest BCUT2D eigenvalue weighted by Gasteiger charge is -2.29. The van der Waals surface area contributed by atoms with Gasteiger partial charge in [0, 0.05) is 11.6 Å². The molecule has 1 aromatic carbocycles. The van der Waals surface area contributed by atoms with Gasteiger partial charge in [0.2, 0.25) is 0 Å². The van der Waals surface area contributed by atoms with Crippen molar-refractivity contribution in [1.82, 2.24) is 0 Å². The van der Waals surface area contributed by atoms with E-state index in [1.807, 2.05) is 0 Å². The summed E-state index contributed by atoms with van der Waals surface area (Å²) >= 11 is 0. The molecule has 102 valence electrons. The molecule has 6 heteroatoms. The van der Waals surface area contributed by atoms with Crippen LogP contribution >= 0.6 is 12.4 Å². The molecular weight excluding hydrogens is 264 g/mol. The molecule has 0 aliphatic rings. The predicted octanol–water partition coefficient (Wildman–Crippen LogP) is 2.59. The number of halogens is 3. The average Bonchev–Trinajstić information content (AvgIpc) is 2.30. The van der Waals surface area contributed by atoms with Crippen molar-refractivity contribution < 1.29 is 18.3 Å². The highest BCUT2D eigenvalue weighted by molar-refractivity contribution is 5.85. The maximum absolute atomic E-state index is 13.5. The van der Waals surface area contributed by atoms with Crippen LogP contribution in [0.4, 0.5) is 8.78 Å². The highest BCUT2D eigenvalue weighted by Gasteiger charge is 2.38. The van der Waals surface area contributed by atoms with E-state index >= 15 is 0 Å². The Morgan fingerprint density at radius 3 is 2.44 bits per heavy atom. The fraction of sp³-hybridized carbons (Fsp3) is 0.417. The minimum atomic E-state index is -1.14. The Hall–Kier alpha value is -1.20. The van der Waals surface area contributed by atoms with E-state index in [-0.39, 0.29) is 18.0 Å². The van der Waals surface area contributed by atoms with Crippen molar-refractivity contribution >= 4 is 18.4 Å². The zero-order chi connectivity index (χ0) is 13.2. The molecule has 0 spiro atoms. The Bertz CT molecular complexity index is 438. The van der Waals surface area contributed by atoms with E-state index in [2.05, 4.69) is 4.74 Å². The van der Waals surface area contributed by atoms with Gasteiger partial charge in [-0.15, -0.1) is 12.4 Å². The maximum Gasteiger partial charge on any atom is 0.313 e. The lowest BCUT2D eigenvalue weighted by Crippen LogP contribution is -2.38. The summed E-state index contributed by atoms with van der Waals surface area (Å²) in [7, 11) is 1.22. The first-order valence-electron chi connectivity index (χ1n) is 5.10. The summed E-state index contributed by atoms with van der Waals surface area (Å²) < 4.78 is 31.2. The monoisotopic (exact) mass is 279 g/mol. The van der Waals surface area contributed by atoms with Gasteiger partial charge in [-0.05, 0) is 19.9 Å². The van der Waals surface area contributed by atoms with Crippen LogP contribution in [0.15, 0.2) is 18.2 Å². The number of benzene rings is 1. The molecule has 0 fully saturated rings. The minimum Gasteiger partial charge on any atom is -0.469 e. The Kier molecular flexibility index (Phi) is 5.70. The highest BCUT2D eigenvalue weighted by Crippen LogP contribution is 2.34. The zero-order valence-corrected chi connectivity index (χ0v) is 11.2. The molecule has 0 radical (unpaired) electrons. The van der Waals surface area contributed by atoms with Crippen LogP contribution in [0, 0.1) is 17.0 Å². The number of methoxy groups -OCH3 is 1. The Balaban J connectivity index is 0.00000289. The number of hydrogen-bond donors (Lipinski definition) is 1. The second-order valence-corrected chi connectivity index (χ2v) is 4.33. The highest BCUT2D eigenvalue weighted by atomic mass is 35.5. The van der Waals surface area contributed by atoms with Crippen molar-refractivity contribution in [3.8, 4) is 0 Å². The van der Waals surface area contributed by atoms with Crippen LogP contribution in [-0.2, 0) is 9.53 Å². The second kappa shape index (κ2) is 6.11. The number of carbonyl (C=O) groups is 1. The van der Waals surface area contributed by atoms with Gasteiger partial charge in [0.25, 0.3) is 0 Å². The van der Waals surface area contributed by atoms with Gasteiger partial charge in [-0.1, -0.05) is 12.1 Å². The molecule has 1 rings (SSSR count). The summed E-state index contributed by atoms with van der Waals surface area (Å²) in [5, 5.41) is 0. The topological polar surface area (TPSA) is 52.3 Å². The minimum absolute atomic E-state index is 0. The Morgan fingerprint density at radius 1 is 1.39 bits per heavy atom. The molecule has 18 heavy (non-hydrogen) atoms. The molecule has 0 aliphatic heterocycles. The van der Waals surface area contributed by atoms with Crippen molar-refractivity contribution in [2.75, 3.05) is 7.11 Å². The first kappa shape index (κ1) is 16.8. The third-order valence-electron chi connectivity index (χ3n) is 2.81. The van der Waals surface area contributed by atoms with E-state index in [9.17, 15) is 13.6 Å². The normalized spacial score (nSPS) is 12.6. The molecule has 2 N–H and O–H groups in total. The molecule has 0 saturated carbocycles. The fourth-order valence-electron chi connectivity index (χ4n) is 1.54. The van der Waals surface area contributed by atoms with Gasteiger partial charge in [0.1, 0.15) is 0 Å². The van der Waals surface area contributed by atoms with Crippen molar-refractivity contribution in [3.05, 3.63) is 35.4 Å². The van der Waals surface area contributed by atoms with Crippen LogP contribution < -0.4 is 5.73 Å². The molecule has 0 aromatic heterocycles. The van der Waals surface area contributed by atoms with E-state index in [1.165, 1.54) is 33.1 Å². The van der Waals surface area contributed by atoms with Crippen LogP contribution in [0.1, 0.15) is 25.5 Å². The molecule has 0 unspecified atom stereocenters. The first-order valence-corrected chi connectivity index (χ1v) is 5.10. The number of rotatable bonds is 3. The van der Waals surface area contributed by atoms with Gasteiger partial charge in [0.05, 0.1) is 12.5 Å². The Morgan fingerprint density at radius 2 is 1.94 bits per heavy atom. The van der Waals surface area contributed by atoms with Crippen molar-refractivity contribution in [2.24, 2.45) is 11.1 Å². The van der Waals surface area contributed by atoms with Gasteiger partial charge in [0.15, 0.2) is 11.6 Å². The first-order chi connectivity index (χ1) is 7.82. The molecule has 0 bridgehead atoms. The number of hydrogen-bond acceptors (Lipinski definition) is 3. The average molecular weight is 280 g/mol. The van der Waals surface area contributed by atoms with E-state index in [4.69, 9.17) is 5.73 Å². The lowest BCUT2D eigenvalue weighted by molar-refractivity contribution is -0.152. The molecule has 1 atom stereocenters. The van der Waals surface area contributed by atoms with Gasteiger partial charge in [-0.25, -0.2) is 8.78 Å². The van der Waals surface area contributed by atoms with Crippen molar-refractivity contribution in [2.45, 2.75) is 19.9 Å². The zero-order valence-electron chi connectivity index (χ0n) is 10.4. The number of carbonyl (C=O) groups excluding carboxylic acids is 1. The van der Waals surface area contributed by atoms with Crippen LogP contribution in [0.2, 0.25) is 0 Å². The molecule has 0 aliphatic carbocycles. The number of esters is 1. The largest absolute Gasteiger partial charge is 0.469 e. The smallest absolute Gasteiger partial charge is 0.313 e. The third kappa shape index (κ3) is 2.97. The van der Waals surface area contributed by atoms with Crippen LogP contribution in [0.3, 0.4) is 0 Å². The molecule has 0 heterocycles. The molecular formula is C12H16ClF2NO2. The SMILES string of the molecule is COC(=O)C(C)(C)[C@H](N)c1cccc(F)c1F.Cl. The fourth-order valence-corrected chi connectivity index (χ4v) is 1.54. The summed E-state index contributed by atoms with van der Waals surface area (Å²) in [5.74, 6) is -2.59. The van der Waals surface area contributed by atoms with Crippen molar-refractivity contribution in [1.29, 1.82) is 0 Å². The molecule has 3 nitrogen and oxygen atoms in total. The number of nitrogens with two attached hydrogens (primary N) is 1. The summed E-state index contributed by atoms with van der Waals surface area (Å²) in [6, 6.07) is 2.72. The Labute approximate surface area is 111 Å². The molecule has 0 amide bonds. The van der Waals surface area contributed by atoms with Gasteiger partial charge < -0.3 is 10.5 Å². The second-order valence-electron chi connectivity index (χ2n) is 4.33. The van der Waals surface area contributed by atoms with Crippen LogP contribution in [0.25, 0.3) is 0 Å². The summed E-state index contributed by atoms with van der Waals surface area (Å²) in [6.07, 6.45) is 0. The van der Waals surface area contributed by atoms with E-state index in [1.54, 1.807) is 0 Å². The van der Waals surface area contributed by atoms with Gasteiger partial charge in [-0.2, -0.15) is 0 Å². The van der Waals surface area contributed by atoms with Crippen LogP contribution in [0.5, 0.6) is 0 Å². The summed E-state index contributed by atoms with van der Waals surface area (Å²) in [4.78, 5) is 11.5. The summed E-state index contributed by atoms with van der Waals surface area (Å²) in [6.45, 7) is 3.04. The van der Waals surface area contributed by atoms with E-state index in [0.717, 1.165) is 6.07 Å². The summed E-state index contributed by atoms with van der Waals surface area (Å²) in [5.41, 5.74) is 4.63. The third-order valence-corrected chi connectivity index (χ3v) is 2.81. The lowest BCUT2D eigenvalue weighted by atomic mass is 9.81. The number of ether oxygens (including phenoxy) is 1. The standard InChI is InChI=1S/C12H15F2NO2.ClH/c1-12(2,11(16)17-3)10(15)7-5-4-6-8(13)9(7)14;/h4-6,10H,15H2,1-3H3;1H/t10-;/m1./s1. The van der Waals surface area contributed by atoms with Gasteiger partial charge >= 0.3 is 5.97 Å². The van der Waals surface area contributed by atoms with Gasteiger partial charge in [-0.3, -0.25) is 4.79 Å². The molecule has 0 saturated heterocycles. The quantitative estimate of drug-likeness (QED) is 0.865. The van der Waals surface area contributed by atoms with E-state index in [0.29, 0.717) is 0 Å². The maximum atomic E-state index is 13.5.